The molecule has 1 atom stereocenters. The Balaban J connectivity index is -0.000000271. The molecule has 0 radical (unpaired) electrons. The molecule has 3 heterocycles. The summed E-state index contributed by atoms with van der Waals surface area (Å²) in [7, 11) is 0. The number of halogens is 6. The van der Waals surface area contributed by atoms with Gasteiger partial charge in [0.25, 0.3) is 0 Å². The minimum Gasteiger partial charge on any atom is -0.265 e. The number of pyridine rings is 2. The first-order chi connectivity index (χ1) is 13.2. The average molecular weight is 675 g/mol. The molecule has 0 aromatic carbocycles. The van der Waals surface area contributed by atoms with Crippen LogP contribution in [0.15, 0.2) is 85.6 Å². The minimum absolute atomic E-state index is 1.11. The Bertz CT molecular complexity index is 426. The topological polar surface area (TPSA) is 39.9 Å². The molecule has 2 aromatic rings. The molecule has 3 nitrogen and oxygen atoms in total. The number of aromatic nitrogens is 2. The molecular weight excluding hydrogens is 660 g/mol. The summed E-state index contributed by atoms with van der Waals surface area (Å²) in [6.07, 6.45) is 12.1. The van der Waals surface area contributed by atoms with Gasteiger partial charge < -0.3 is 5.32 Å². The van der Waals surface area contributed by atoms with Crippen molar-refractivity contribution in [2.24, 2.45) is 0 Å². The third-order valence-corrected chi connectivity index (χ3v) is 1.83. The predicted molar refractivity (Wildman–Crippen MR) is 80.5 cm³/mol. The van der Waals surface area contributed by atoms with Crippen LogP contribution >= 0.6 is 0 Å². The number of hydrogen-bond acceptors (Lipinski definition) is 2. The molecule has 0 spiro atoms. The van der Waals surface area contributed by atoms with Gasteiger partial charge >= 0.3 is 78.4 Å². The summed E-state index contributed by atoms with van der Waals surface area (Å²) in [5.41, 5.74) is 0. The van der Waals surface area contributed by atoms with E-state index in [0.717, 1.165) is 0 Å². The van der Waals surface area contributed by atoms with E-state index in [2.05, 4.69) is 15.3 Å². The van der Waals surface area contributed by atoms with E-state index in [-0.39, 0.29) is 0 Å². The molecule has 3 rings (SSSR count). The van der Waals surface area contributed by atoms with Gasteiger partial charge in [0.05, 0.1) is 6.30 Å². The summed E-state index contributed by atoms with van der Waals surface area (Å²) in [6, 6.07) is 11.4. The maximum absolute atomic E-state index is 11.9. The Hall–Kier alpha value is -0.619. The maximum Gasteiger partial charge on any atom is 0.0267 e. The van der Waals surface area contributed by atoms with Crippen LogP contribution in [0.25, 0.3) is 5.32 Å². The van der Waals surface area contributed by atoms with Crippen molar-refractivity contribution >= 4 is 0 Å². The molecule has 27 heavy (non-hydrogen) atoms. The largest absolute Gasteiger partial charge is 0.265 e. The molecule has 2 aromatic heterocycles. The summed E-state index contributed by atoms with van der Waals surface area (Å²) in [5, 5.41) is 3.40. The van der Waals surface area contributed by atoms with Crippen LogP contribution in [0.2, 0.25) is 0 Å². The van der Waals surface area contributed by atoms with Crippen LogP contribution in [0, 0.1) is 0 Å². The Morgan fingerprint density at radius 3 is 1.19 bits per heavy atom. The van der Waals surface area contributed by atoms with E-state index in [9.17, 15) is 19.5 Å². The first-order valence-corrected chi connectivity index (χ1v) is 9.14. The van der Waals surface area contributed by atoms with Gasteiger partial charge in [-0.3, -0.25) is 14.4 Å². The number of nitrogens with zero attached hydrogens (tertiary/aromatic N) is 3. The average Bonchev–Trinajstić information content (AvgIpc) is 2.75. The summed E-state index contributed by atoms with van der Waals surface area (Å²) in [4.78, 5) is 7.57. The molecule has 166 valence electrons. The van der Waals surface area contributed by atoms with Gasteiger partial charge in [-0.15, -0.1) is 0 Å². The Kier molecular flexibility index (Phi) is 38.0. The van der Waals surface area contributed by atoms with Crippen LogP contribution in [-0.2, 0) is 63.3 Å². The number of alkyl halides is 1. The normalized spacial score (nSPS) is 12.5. The zero-order valence-electron chi connectivity index (χ0n) is 13.2. The van der Waals surface area contributed by atoms with Crippen molar-refractivity contribution in [3.05, 3.63) is 90.9 Å². The smallest absolute Gasteiger partial charge is 0.0267 e. The van der Waals surface area contributed by atoms with Crippen LogP contribution in [-0.4, -0.2) is 16.3 Å². The van der Waals surface area contributed by atoms with E-state index in [1.54, 1.807) is 36.9 Å². The fourth-order valence-electron chi connectivity index (χ4n) is 1.01. The van der Waals surface area contributed by atoms with E-state index in [0.29, 0.717) is 0 Å². The predicted octanol–water partition coefficient (Wildman–Crippen LogP) is 6.00. The van der Waals surface area contributed by atoms with E-state index >= 15 is 0 Å². The summed E-state index contributed by atoms with van der Waals surface area (Å²) in [5.74, 6) is 0. The van der Waals surface area contributed by atoms with Gasteiger partial charge in [0.15, 0.2) is 0 Å². The van der Waals surface area contributed by atoms with Gasteiger partial charge in [0.2, 0.25) is 0 Å². The molecular formula is C15H15Ag3F6N3-. The first kappa shape index (κ1) is 31.1. The summed E-state index contributed by atoms with van der Waals surface area (Å²) >= 11 is -2.41. The second-order valence-electron chi connectivity index (χ2n) is 3.38. The number of hydrogen-bond donors (Lipinski definition) is 0. The fourth-order valence-corrected chi connectivity index (χ4v) is 1.01. The standard InChI is InChI=1S/C5H5FN.2C5H5N.3Ag.5FH/c6-5-3-1-2-4-7-5;2*1-2-4-6-5-3-1;;;;;;;;/h1-5H;2*1-5H;;;;5*1H/q-1;;;+1;2*+2;;;;;/p-5. The monoisotopic (exact) mass is 672 g/mol. The van der Waals surface area contributed by atoms with Crippen molar-refractivity contribution < 1.29 is 82.8 Å². The fraction of sp³-hybridized carbons (Fsp3) is 0.0667. The second kappa shape index (κ2) is 33.0. The van der Waals surface area contributed by atoms with Gasteiger partial charge in [0, 0.05) is 24.8 Å². The van der Waals surface area contributed by atoms with Crippen LogP contribution in [0.5, 0.6) is 0 Å². The Labute approximate surface area is 188 Å². The Morgan fingerprint density at radius 2 is 1.07 bits per heavy atom. The SMILES string of the molecule is FC1C=CC=C[N-]1.[F][Ag].[F][Ag][F].[F][Ag][F].c1ccncc1.c1ccncc1. The zero-order valence-corrected chi connectivity index (χ0v) is 17.6. The van der Waals surface area contributed by atoms with E-state index in [4.69, 9.17) is 0 Å². The maximum atomic E-state index is 11.9. The van der Waals surface area contributed by atoms with Crippen molar-refractivity contribution in [2.45, 2.75) is 6.30 Å². The van der Waals surface area contributed by atoms with Gasteiger partial charge in [0.1, 0.15) is 0 Å². The van der Waals surface area contributed by atoms with E-state index in [1.807, 2.05) is 36.4 Å². The first-order valence-electron chi connectivity index (χ1n) is 6.34. The zero-order chi connectivity index (χ0) is 21.0. The molecule has 0 saturated heterocycles. The van der Waals surface area contributed by atoms with Crippen LogP contribution in [0.1, 0.15) is 0 Å². The molecule has 1 aliphatic rings. The molecule has 12 heteroatoms. The third-order valence-electron chi connectivity index (χ3n) is 1.83. The molecule has 0 amide bonds. The summed E-state index contributed by atoms with van der Waals surface area (Å²) in [6.45, 7) is 0. The van der Waals surface area contributed by atoms with Crippen molar-refractivity contribution in [1.82, 2.24) is 9.97 Å². The molecule has 1 aliphatic heterocycles. The molecule has 1 unspecified atom stereocenters. The van der Waals surface area contributed by atoms with E-state index < -0.39 is 48.0 Å². The van der Waals surface area contributed by atoms with Crippen molar-refractivity contribution in [1.29, 1.82) is 0 Å². The Morgan fingerprint density at radius 1 is 0.704 bits per heavy atom. The van der Waals surface area contributed by atoms with Crippen LogP contribution < -0.4 is 0 Å². The minimum atomic E-state index is -1.93. The molecule has 0 saturated carbocycles. The van der Waals surface area contributed by atoms with Gasteiger partial charge in [-0.05, 0) is 24.3 Å². The molecule has 0 bridgehead atoms. The van der Waals surface area contributed by atoms with Crippen molar-refractivity contribution in [2.75, 3.05) is 0 Å². The number of rotatable bonds is 0. The van der Waals surface area contributed by atoms with Crippen molar-refractivity contribution in [3.63, 3.8) is 0 Å². The second-order valence-corrected chi connectivity index (χ2v) is 3.81. The van der Waals surface area contributed by atoms with Gasteiger partial charge in [-0.1, -0.05) is 30.4 Å². The van der Waals surface area contributed by atoms with E-state index in [1.165, 1.54) is 33.9 Å². The molecule has 0 fully saturated rings. The van der Waals surface area contributed by atoms with Crippen molar-refractivity contribution in [3.8, 4) is 0 Å². The van der Waals surface area contributed by atoms with Gasteiger partial charge in [-0.25, -0.2) is 0 Å². The number of allylic oxidation sites excluding steroid dienone is 2. The van der Waals surface area contributed by atoms with Gasteiger partial charge in [-0.2, -0.15) is 6.20 Å². The summed E-state index contributed by atoms with van der Waals surface area (Å²) < 4.78 is 59.8. The third kappa shape index (κ3) is 36.9. The molecule has 0 aliphatic carbocycles. The molecule has 0 N–H and O–H groups in total. The van der Waals surface area contributed by atoms with Crippen LogP contribution in [0.4, 0.5) is 19.5 Å². The van der Waals surface area contributed by atoms with Crippen LogP contribution in [0.3, 0.4) is 0 Å². The quantitative estimate of drug-likeness (QED) is 0.196.